The first-order valence-corrected chi connectivity index (χ1v) is 10.9. The van der Waals surface area contributed by atoms with Crippen LogP contribution in [0.25, 0.3) is 0 Å². The van der Waals surface area contributed by atoms with E-state index in [4.69, 9.17) is 0 Å². The molecule has 0 saturated carbocycles. The number of anilines is 2. The molecule has 7 nitrogen and oxygen atoms in total. The van der Waals surface area contributed by atoms with Crippen LogP contribution < -0.4 is 10.6 Å². The second-order valence-corrected chi connectivity index (χ2v) is 7.94. The molecule has 29 heavy (non-hydrogen) atoms. The summed E-state index contributed by atoms with van der Waals surface area (Å²) in [6.07, 6.45) is 9.05. The van der Waals surface area contributed by atoms with Crippen molar-refractivity contribution < 1.29 is 14.4 Å². The molecule has 2 N–H and O–H groups in total. The van der Waals surface area contributed by atoms with Gasteiger partial charge in [0.1, 0.15) is 0 Å². The Bertz CT molecular complexity index is 697. The lowest BCUT2D eigenvalue weighted by atomic mass is 10.1. The molecular weight excluding hydrogens is 368 g/mol. The Hall–Kier alpha value is -2.57. The van der Waals surface area contributed by atoms with Gasteiger partial charge in [-0.15, -0.1) is 0 Å². The topological polar surface area (TPSA) is 81.8 Å². The third kappa shape index (κ3) is 6.76. The Morgan fingerprint density at radius 2 is 1.31 bits per heavy atom. The zero-order chi connectivity index (χ0) is 20.5. The number of rotatable bonds is 4. The van der Waals surface area contributed by atoms with Gasteiger partial charge in [0.05, 0.1) is 6.54 Å². The molecule has 7 heteroatoms. The predicted octanol–water partition coefficient (Wildman–Crippen LogP) is 3.83. The van der Waals surface area contributed by atoms with E-state index in [1.807, 2.05) is 4.90 Å². The highest BCUT2D eigenvalue weighted by molar-refractivity contribution is 5.95. The molecule has 0 aliphatic carbocycles. The van der Waals surface area contributed by atoms with Gasteiger partial charge in [-0.05, 0) is 49.9 Å². The Balaban J connectivity index is 1.48. The summed E-state index contributed by atoms with van der Waals surface area (Å²) in [6, 6.07) is 7.04. The van der Waals surface area contributed by atoms with Crippen molar-refractivity contribution in [2.75, 3.05) is 36.8 Å². The number of amides is 4. The highest BCUT2D eigenvalue weighted by Gasteiger charge is 2.19. The predicted molar refractivity (Wildman–Crippen MR) is 114 cm³/mol. The van der Waals surface area contributed by atoms with Gasteiger partial charge in [-0.25, -0.2) is 4.79 Å². The van der Waals surface area contributed by atoms with Crippen LogP contribution in [0.4, 0.5) is 16.2 Å². The smallest absolute Gasteiger partial charge is 0.321 e. The van der Waals surface area contributed by atoms with E-state index in [1.165, 1.54) is 12.8 Å². The molecule has 0 unspecified atom stereocenters. The molecule has 0 atom stereocenters. The normalized spacial score (nSPS) is 18.4. The van der Waals surface area contributed by atoms with Crippen molar-refractivity contribution >= 4 is 29.2 Å². The molecular formula is C22H32N4O3. The van der Waals surface area contributed by atoms with E-state index < -0.39 is 0 Å². The van der Waals surface area contributed by atoms with E-state index in [9.17, 15) is 14.4 Å². The zero-order valence-corrected chi connectivity index (χ0v) is 17.1. The van der Waals surface area contributed by atoms with Gasteiger partial charge in [0, 0.05) is 37.4 Å². The van der Waals surface area contributed by atoms with Gasteiger partial charge >= 0.3 is 6.03 Å². The van der Waals surface area contributed by atoms with Crippen molar-refractivity contribution in [1.29, 1.82) is 0 Å². The average Bonchev–Trinajstić information content (AvgIpc) is 2.99. The van der Waals surface area contributed by atoms with Crippen molar-refractivity contribution in [1.82, 2.24) is 9.80 Å². The molecule has 2 aliphatic rings. The summed E-state index contributed by atoms with van der Waals surface area (Å²) in [4.78, 5) is 40.4. The minimum absolute atomic E-state index is 0.0615. The van der Waals surface area contributed by atoms with Crippen molar-refractivity contribution in [3.05, 3.63) is 24.3 Å². The van der Waals surface area contributed by atoms with Crippen LogP contribution >= 0.6 is 0 Å². The molecule has 2 saturated heterocycles. The summed E-state index contributed by atoms with van der Waals surface area (Å²) in [7, 11) is 0. The fourth-order valence-corrected chi connectivity index (χ4v) is 3.87. The van der Waals surface area contributed by atoms with E-state index in [1.54, 1.807) is 29.2 Å². The van der Waals surface area contributed by atoms with Crippen LogP contribution in [0.2, 0.25) is 0 Å². The van der Waals surface area contributed by atoms with Crippen LogP contribution in [0.5, 0.6) is 0 Å². The Morgan fingerprint density at radius 1 is 0.759 bits per heavy atom. The molecule has 3 rings (SSSR count). The van der Waals surface area contributed by atoms with E-state index >= 15 is 0 Å². The Kier molecular flexibility index (Phi) is 7.90. The quantitative estimate of drug-likeness (QED) is 0.806. The third-order valence-corrected chi connectivity index (χ3v) is 5.57. The molecule has 0 radical (unpaired) electrons. The van der Waals surface area contributed by atoms with Crippen molar-refractivity contribution in [2.24, 2.45) is 0 Å². The highest BCUT2D eigenvalue weighted by atomic mass is 16.2. The number of hydrogen-bond donors (Lipinski definition) is 2. The van der Waals surface area contributed by atoms with Crippen molar-refractivity contribution in [3.63, 3.8) is 0 Å². The summed E-state index contributed by atoms with van der Waals surface area (Å²) in [5.41, 5.74) is 1.36. The largest absolute Gasteiger partial charge is 0.333 e. The number of nitrogens with zero attached hydrogens (tertiary/aromatic N) is 2. The van der Waals surface area contributed by atoms with Crippen LogP contribution in [0.1, 0.15) is 57.8 Å². The van der Waals surface area contributed by atoms with Gasteiger partial charge in [-0.3, -0.25) is 9.59 Å². The van der Waals surface area contributed by atoms with Gasteiger partial charge in [-0.2, -0.15) is 0 Å². The highest BCUT2D eigenvalue weighted by Crippen LogP contribution is 2.17. The van der Waals surface area contributed by atoms with Gasteiger partial charge in [0.15, 0.2) is 0 Å². The molecule has 2 heterocycles. The lowest BCUT2D eigenvalue weighted by Crippen LogP contribution is -2.39. The van der Waals surface area contributed by atoms with Gasteiger partial charge in [-0.1, -0.05) is 25.7 Å². The standard InChI is InChI=1S/C22H32N4O3/c27-20(17-26-16-8-2-1-5-9-21(26)28)23-18-10-12-19(13-11-18)24-22(29)25-14-6-3-4-7-15-25/h10-13H,1-9,14-17H2,(H,23,27)(H,24,29). The van der Waals surface area contributed by atoms with Crippen LogP contribution in [0, 0.1) is 0 Å². The fourth-order valence-electron chi connectivity index (χ4n) is 3.87. The van der Waals surface area contributed by atoms with Crippen molar-refractivity contribution in [3.8, 4) is 0 Å². The van der Waals surface area contributed by atoms with Crippen molar-refractivity contribution in [2.45, 2.75) is 57.8 Å². The minimum Gasteiger partial charge on any atom is -0.333 e. The number of urea groups is 1. The lowest BCUT2D eigenvalue weighted by Gasteiger charge is -2.24. The summed E-state index contributed by atoms with van der Waals surface area (Å²) in [5.74, 6) is -0.133. The maximum atomic E-state index is 12.4. The summed E-state index contributed by atoms with van der Waals surface area (Å²) in [5, 5.41) is 5.77. The van der Waals surface area contributed by atoms with E-state index in [2.05, 4.69) is 10.6 Å². The van der Waals surface area contributed by atoms with E-state index in [0.717, 1.165) is 51.6 Å². The Labute approximate surface area is 172 Å². The molecule has 2 aliphatic heterocycles. The van der Waals surface area contributed by atoms with Crippen LogP contribution in [0.3, 0.4) is 0 Å². The molecule has 0 aromatic heterocycles. The first kappa shape index (κ1) is 21.1. The summed E-state index contributed by atoms with van der Waals surface area (Å²) < 4.78 is 0. The van der Waals surface area contributed by atoms with Gasteiger partial charge in [0.25, 0.3) is 0 Å². The van der Waals surface area contributed by atoms with E-state index in [0.29, 0.717) is 24.3 Å². The monoisotopic (exact) mass is 400 g/mol. The second-order valence-electron chi connectivity index (χ2n) is 7.94. The zero-order valence-electron chi connectivity index (χ0n) is 17.1. The second kappa shape index (κ2) is 10.8. The van der Waals surface area contributed by atoms with Crippen LogP contribution in [-0.4, -0.2) is 53.8 Å². The van der Waals surface area contributed by atoms with E-state index in [-0.39, 0.29) is 24.4 Å². The van der Waals surface area contributed by atoms with Crippen LogP contribution in [-0.2, 0) is 9.59 Å². The molecule has 1 aromatic rings. The molecule has 2 fully saturated rings. The number of carbonyl (C=O) groups excluding carboxylic acids is 3. The first-order chi connectivity index (χ1) is 14.1. The number of nitrogens with one attached hydrogen (secondary N) is 2. The molecule has 4 amide bonds. The van der Waals surface area contributed by atoms with Crippen LogP contribution in [0.15, 0.2) is 24.3 Å². The maximum absolute atomic E-state index is 12.4. The minimum atomic E-state index is -0.194. The summed E-state index contributed by atoms with van der Waals surface area (Å²) >= 11 is 0. The number of likely N-dealkylation sites (tertiary alicyclic amines) is 2. The van der Waals surface area contributed by atoms with Gasteiger partial charge < -0.3 is 20.4 Å². The average molecular weight is 401 g/mol. The SMILES string of the molecule is O=C(CN1CCCCCCC1=O)Nc1ccc(NC(=O)N2CCCCCC2)cc1. The number of hydrogen-bond acceptors (Lipinski definition) is 3. The molecule has 158 valence electrons. The number of benzene rings is 1. The maximum Gasteiger partial charge on any atom is 0.321 e. The molecule has 0 spiro atoms. The lowest BCUT2D eigenvalue weighted by molar-refractivity contribution is -0.135. The molecule has 1 aromatic carbocycles. The molecule has 0 bridgehead atoms. The summed E-state index contributed by atoms with van der Waals surface area (Å²) in [6.45, 7) is 2.34. The third-order valence-electron chi connectivity index (χ3n) is 5.57. The first-order valence-electron chi connectivity index (χ1n) is 10.9. The Morgan fingerprint density at radius 3 is 1.97 bits per heavy atom. The van der Waals surface area contributed by atoms with Gasteiger partial charge in [0.2, 0.25) is 11.8 Å². The fraction of sp³-hybridized carbons (Fsp3) is 0.591. The number of carbonyl (C=O) groups is 3.